The molecule has 0 bridgehead atoms. The topological polar surface area (TPSA) is 43.1 Å². The molecule has 0 heterocycles. The van der Waals surface area contributed by atoms with Crippen molar-refractivity contribution in [2.24, 2.45) is 11.8 Å². The van der Waals surface area contributed by atoms with Crippen LogP contribution in [0.2, 0.25) is 0 Å². The summed E-state index contributed by atoms with van der Waals surface area (Å²) in [4.78, 5) is 12.3. The molecule has 1 aliphatic rings. The number of nitrogen functional groups attached to an aromatic ring is 1. The van der Waals surface area contributed by atoms with Crippen LogP contribution in [0, 0.1) is 11.8 Å². The van der Waals surface area contributed by atoms with E-state index in [4.69, 9.17) is 5.73 Å². The first-order chi connectivity index (χ1) is 8.69. The molecule has 0 saturated heterocycles. The Bertz CT molecular complexity index is 413. The quantitative estimate of drug-likeness (QED) is 0.824. The molecular formula is C16H23NO. The van der Waals surface area contributed by atoms with Gasteiger partial charge in [-0.2, -0.15) is 0 Å². The predicted octanol–water partition coefficient (Wildman–Crippen LogP) is 3.60. The van der Waals surface area contributed by atoms with Crippen LogP contribution in [0.4, 0.5) is 5.69 Å². The second-order valence-corrected chi connectivity index (χ2v) is 5.53. The fourth-order valence-corrected chi connectivity index (χ4v) is 3.00. The number of Topliss-reactive ketones (excluding diaryl/α,β-unsaturated/α-hetero) is 1. The lowest BCUT2D eigenvalue weighted by molar-refractivity contribution is -0.123. The van der Waals surface area contributed by atoms with Crippen molar-refractivity contribution in [2.45, 2.75) is 45.4 Å². The fourth-order valence-electron chi connectivity index (χ4n) is 3.00. The summed E-state index contributed by atoms with van der Waals surface area (Å²) < 4.78 is 0. The number of hydrogen-bond donors (Lipinski definition) is 1. The minimum absolute atomic E-state index is 0.283. The molecule has 2 rings (SSSR count). The van der Waals surface area contributed by atoms with E-state index in [0.717, 1.165) is 30.0 Å². The van der Waals surface area contributed by atoms with Crippen molar-refractivity contribution in [3.63, 3.8) is 0 Å². The predicted molar refractivity (Wildman–Crippen MR) is 75.3 cm³/mol. The van der Waals surface area contributed by atoms with E-state index in [0.29, 0.717) is 12.2 Å². The summed E-state index contributed by atoms with van der Waals surface area (Å²) in [5.74, 6) is 1.44. The zero-order valence-electron chi connectivity index (χ0n) is 11.2. The highest BCUT2D eigenvalue weighted by Crippen LogP contribution is 2.32. The van der Waals surface area contributed by atoms with Gasteiger partial charge in [0, 0.05) is 18.0 Å². The van der Waals surface area contributed by atoms with Gasteiger partial charge in [0.05, 0.1) is 0 Å². The Morgan fingerprint density at radius 3 is 2.94 bits per heavy atom. The first-order valence-corrected chi connectivity index (χ1v) is 7.06. The minimum Gasteiger partial charge on any atom is -0.399 e. The van der Waals surface area contributed by atoms with Crippen LogP contribution in [0.1, 0.15) is 44.6 Å². The lowest BCUT2D eigenvalue weighted by Gasteiger charge is -2.27. The first-order valence-electron chi connectivity index (χ1n) is 7.06. The smallest absolute Gasteiger partial charge is 0.140 e. The van der Waals surface area contributed by atoms with Crippen molar-refractivity contribution in [3.05, 3.63) is 29.8 Å². The lowest BCUT2D eigenvalue weighted by Crippen LogP contribution is -2.24. The van der Waals surface area contributed by atoms with Gasteiger partial charge < -0.3 is 5.73 Å². The number of anilines is 1. The third-order valence-electron chi connectivity index (χ3n) is 4.14. The van der Waals surface area contributed by atoms with Crippen molar-refractivity contribution in [1.82, 2.24) is 0 Å². The van der Waals surface area contributed by atoms with Crippen molar-refractivity contribution >= 4 is 11.5 Å². The molecule has 2 atom stereocenters. The molecular weight excluding hydrogens is 222 g/mol. The Morgan fingerprint density at radius 1 is 1.39 bits per heavy atom. The summed E-state index contributed by atoms with van der Waals surface area (Å²) in [7, 11) is 0. The molecule has 0 aromatic heterocycles. The standard InChI is InChI=1S/C16H23NO/c1-2-12-5-3-7-14(9-12)16(18)11-13-6-4-8-15(17)10-13/h4,6,8,10,12,14H,2-3,5,7,9,11,17H2,1H3. The Hall–Kier alpha value is -1.31. The molecule has 1 aromatic rings. The Balaban J connectivity index is 1.95. The Kier molecular flexibility index (Phi) is 4.40. The maximum absolute atomic E-state index is 12.3. The van der Waals surface area contributed by atoms with Crippen LogP contribution in [0.3, 0.4) is 0 Å². The highest BCUT2D eigenvalue weighted by Gasteiger charge is 2.25. The van der Waals surface area contributed by atoms with Crippen LogP contribution in [0.15, 0.2) is 24.3 Å². The zero-order chi connectivity index (χ0) is 13.0. The highest BCUT2D eigenvalue weighted by molar-refractivity contribution is 5.83. The van der Waals surface area contributed by atoms with Crippen LogP contribution >= 0.6 is 0 Å². The van der Waals surface area contributed by atoms with Crippen molar-refractivity contribution in [1.29, 1.82) is 0 Å². The SMILES string of the molecule is CCC1CCCC(C(=O)Cc2cccc(N)c2)C1. The molecule has 0 aliphatic heterocycles. The molecule has 1 aliphatic carbocycles. The van der Waals surface area contributed by atoms with Gasteiger partial charge in [0.25, 0.3) is 0 Å². The van der Waals surface area contributed by atoms with E-state index >= 15 is 0 Å². The number of carbonyl (C=O) groups is 1. The molecule has 18 heavy (non-hydrogen) atoms. The van der Waals surface area contributed by atoms with E-state index in [-0.39, 0.29) is 5.92 Å². The Labute approximate surface area is 110 Å². The molecule has 1 aromatic carbocycles. The van der Waals surface area contributed by atoms with Crippen LogP contribution in [0.5, 0.6) is 0 Å². The van der Waals surface area contributed by atoms with Gasteiger partial charge in [-0.15, -0.1) is 0 Å². The second kappa shape index (κ2) is 6.03. The number of nitrogens with two attached hydrogens (primary N) is 1. The molecule has 98 valence electrons. The van der Waals surface area contributed by atoms with E-state index < -0.39 is 0 Å². The average molecular weight is 245 g/mol. The van der Waals surface area contributed by atoms with Crippen molar-refractivity contribution in [3.8, 4) is 0 Å². The number of benzene rings is 1. The molecule has 0 radical (unpaired) electrons. The van der Waals surface area contributed by atoms with E-state index in [1.807, 2.05) is 24.3 Å². The van der Waals surface area contributed by atoms with Crippen LogP contribution < -0.4 is 5.73 Å². The molecule has 2 N–H and O–H groups in total. The van der Waals surface area contributed by atoms with Crippen molar-refractivity contribution in [2.75, 3.05) is 5.73 Å². The first kappa shape index (κ1) is 13.1. The van der Waals surface area contributed by atoms with E-state index in [2.05, 4.69) is 6.92 Å². The summed E-state index contributed by atoms with van der Waals surface area (Å²) in [5.41, 5.74) is 7.55. The van der Waals surface area contributed by atoms with Gasteiger partial charge in [0.1, 0.15) is 5.78 Å². The Morgan fingerprint density at radius 2 is 2.22 bits per heavy atom. The van der Waals surface area contributed by atoms with E-state index in [1.54, 1.807) is 0 Å². The van der Waals surface area contributed by atoms with Gasteiger partial charge in [-0.25, -0.2) is 0 Å². The van der Waals surface area contributed by atoms with E-state index in [1.165, 1.54) is 19.3 Å². The number of hydrogen-bond acceptors (Lipinski definition) is 2. The van der Waals surface area contributed by atoms with Gasteiger partial charge in [-0.05, 0) is 36.5 Å². The normalized spacial score (nSPS) is 23.8. The lowest BCUT2D eigenvalue weighted by atomic mass is 9.77. The van der Waals surface area contributed by atoms with Crippen molar-refractivity contribution < 1.29 is 4.79 Å². The second-order valence-electron chi connectivity index (χ2n) is 5.53. The molecule has 0 amide bonds. The summed E-state index contributed by atoms with van der Waals surface area (Å²) in [6.45, 7) is 2.23. The maximum atomic E-state index is 12.3. The summed E-state index contributed by atoms with van der Waals surface area (Å²) >= 11 is 0. The van der Waals surface area contributed by atoms with Gasteiger partial charge in [-0.3, -0.25) is 4.79 Å². The summed E-state index contributed by atoms with van der Waals surface area (Å²) in [6.07, 6.45) is 6.45. The van der Waals surface area contributed by atoms with E-state index in [9.17, 15) is 4.79 Å². The van der Waals surface area contributed by atoms with Gasteiger partial charge >= 0.3 is 0 Å². The summed E-state index contributed by atoms with van der Waals surface area (Å²) in [5, 5.41) is 0. The number of rotatable bonds is 4. The summed E-state index contributed by atoms with van der Waals surface area (Å²) in [6, 6.07) is 7.70. The molecule has 0 spiro atoms. The molecule has 2 unspecified atom stereocenters. The van der Waals surface area contributed by atoms with Gasteiger partial charge in [0.15, 0.2) is 0 Å². The van der Waals surface area contributed by atoms with Gasteiger partial charge in [-0.1, -0.05) is 38.3 Å². The molecule has 1 fully saturated rings. The maximum Gasteiger partial charge on any atom is 0.140 e. The largest absolute Gasteiger partial charge is 0.399 e. The highest BCUT2D eigenvalue weighted by atomic mass is 16.1. The number of ketones is 1. The molecule has 2 heteroatoms. The third kappa shape index (κ3) is 3.34. The third-order valence-corrected chi connectivity index (χ3v) is 4.14. The zero-order valence-corrected chi connectivity index (χ0v) is 11.2. The van der Waals surface area contributed by atoms with Crippen LogP contribution in [0.25, 0.3) is 0 Å². The van der Waals surface area contributed by atoms with Crippen LogP contribution in [-0.4, -0.2) is 5.78 Å². The molecule has 2 nitrogen and oxygen atoms in total. The molecule has 1 saturated carbocycles. The average Bonchev–Trinajstić information content (AvgIpc) is 2.39. The number of carbonyl (C=O) groups excluding carboxylic acids is 1. The monoisotopic (exact) mass is 245 g/mol. The van der Waals surface area contributed by atoms with Crippen LogP contribution in [-0.2, 0) is 11.2 Å². The van der Waals surface area contributed by atoms with Gasteiger partial charge in [0.2, 0.25) is 0 Å². The minimum atomic E-state index is 0.283. The fraction of sp³-hybridized carbons (Fsp3) is 0.562.